The molecule has 0 bridgehead atoms. The lowest BCUT2D eigenvalue weighted by molar-refractivity contribution is 0.303. The highest BCUT2D eigenvalue weighted by molar-refractivity contribution is 5.85. The summed E-state index contributed by atoms with van der Waals surface area (Å²) in [5, 5.41) is 0. The monoisotopic (exact) mass is 243 g/mol. The molecule has 16 heavy (non-hydrogen) atoms. The molecule has 90 valence electrons. The molecule has 1 atom stereocenters. The molecule has 0 aliphatic heterocycles. The fraction of sp³-hybridized carbons (Fsp3) is 0.538. The van der Waals surface area contributed by atoms with E-state index < -0.39 is 0 Å². The summed E-state index contributed by atoms with van der Waals surface area (Å²) in [5.74, 6) is 0.311. The Hall–Kier alpha value is -0.600. The minimum absolute atomic E-state index is 0. The van der Waals surface area contributed by atoms with Crippen LogP contribution in [0.1, 0.15) is 43.7 Å². The highest BCUT2D eigenvalue weighted by Gasteiger charge is 2.23. The van der Waals surface area contributed by atoms with Crippen LogP contribution in [0.2, 0.25) is 0 Å². The van der Waals surface area contributed by atoms with Crippen molar-refractivity contribution in [3.8, 4) is 0 Å². The van der Waals surface area contributed by atoms with Crippen LogP contribution in [-0.2, 0) is 0 Å². The lowest BCUT2D eigenvalue weighted by atomic mass is 9.81. The number of benzene rings is 1. The number of nitrogens with two attached hydrogens (primary N) is 1. The summed E-state index contributed by atoms with van der Waals surface area (Å²) >= 11 is 0. The summed E-state index contributed by atoms with van der Waals surface area (Å²) in [6.45, 7) is 0. The average Bonchev–Trinajstić information content (AvgIpc) is 2.30. The van der Waals surface area contributed by atoms with E-state index in [-0.39, 0.29) is 24.3 Å². The van der Waals surface area contributed by atoms with Crippen molar-refractivity contribution >= 4 is 12.4 Å². The van der Waals surface area contributed by atoms with Crippen LogP contribution in [0.3, 0.4) is 0 Å². The minimum atomic E-state index is -0.157. The first-order valence-corrected chi connectivity index (χ1v) is 5.79. The van der Waals surface area contributed by atoms with Gasteiger partial charge in [-0.25, -0.2) is 4.39 Å². The SMILES string of the molecule is Cl.N[C@@H](c1ccccc1F)C1CCCCC1. The van der Waals surface area contributed by atoms with Crippen molar-refractivity contribution in [1.29, 1.82) is 0 Å². The van der Waals surface area contributed by atoms with E-state index >= 15 is 0 Å². The Labute approximate surface area is 103 Å². The van der Waals surface area contributed by atoms with Gasteiger partial charge < -0.3 is 5.73 Å². The average molecular weight is 244 g/mol. The molecule has 0 amide bonds. The van der Waals surface area contributed by atoms with Crippen molar-refractivity contribution in [3.63, 3.8) is 0 Å². The molecule has 0 unspecified atom stereocenters. The molecule has 0 aromatic heterocycles. The fourth-order valence-electron chi connectivity index (χ4n) is 2.49. The third-order valence-electron chi connectivity index (χ3n) is 3.42. The maximum Gasteiger partial charge on any atom is 0.127 e. The van der Waals surface area contributed by atoms with Gasteiger partial charge in [0.05, 0.1) is 0 Å². The molecular weight excluding hydrogens is 225 g/mol. The second-order valence-electron chi connectivity index (χ2n) is 4.45. The summed E-state index contributed by atoms with van der Waals surface area (Å²) in [4.78, 5) is 0. The van der Waals surface area contributed by atoms with Gasteiger partial charge in [0.25, 0.3) is 0 Å². The van der Waals surface area contributed by atoms with E-state index in [0.717, 1.165) is 12.8 Å². The lowest BCUT2D eigenvalue weighted by Crippen LogP contribution is -2.24. The molecule has 0 heterocycles. The Bertz CT molecular complexity index is 323. The van der Waals surface area contributed by atoms with Gasteiger partial charge in [-0.1, -0.05) is 37.5 Å². The first-order chi connectivity index (χ1) is 7.29. The Morgan fingerprint density at radius 3 is 2.38 bits per heavy atom. The van der Waals surface area contributed by atoms with Gasteiger partial charge in [0, 0.05) is 11.6 Å². The third kappa shape index (κ3) is 2.96. The molecule has 1 aromatic carbocycles. The Balaban J connectivity index is 0.00000128. The zero-order valence-electron chi connectivity index (χ0n) is 9.36. The van der Waals surface area contributed by atoms with E-state index in [4.69, 9.17) is 5.73 Å². The maximum absolute atomic E-state index is 13.5. The van der Waals surface area contributed by atoms with Crippen LogP contribution in [0.25, 0.3) is 0 Å². The Morgan fingerprint density at radius 1 is 1.12 bits per heavy atom. The molecule has 0 saturated heterocycles. The number of hydrogen-bond donors (Lipinski definition) is 1. The van der Waals surface area contributed by atoms with Gasteiger partial charge in [0.1, 0.15) is 5.82 Å². The zero-order valence-corrected chi connectivity index (χ0v) is 10.2. The van der Waals surface area contributed by atoms with E-state index in [9.17, 15) is 4.39 Å². The van der Waals surface area contributed by atoms with Crippen LogP contribution < -0.4 is 5.73 Å². The molecule has 2 N–H and O–H groups in total. The molecule has 0 spiro atoms. The normalized spacial score (nSPS) is 18.9. The maximum atomic E-state index is 13.5. The molecule has 0 radical (unpaired) electrons. The van der Waals surface area contributed by atoms with Crippen molar-refractivity contribution in [3.05, 3.63) is 35.6 Å². The van der Waals surface area contributed by atoms with Crippen LogP contribution >= 0.6 is 12.4 Å². The molecule has 2 rings (SSSR count). The number of halogens is 2. The third-order valence-corrected chi connectivity index (χ3v) is 3.42. The van der Waals surface area contributed by atoms with E-state index in [2.05, 4.69) is 0 Å². The standard InChI is InChI=1S/C13H18FN.ClH/c14-12-9-5-4-8-11(12)13(15)10-6-2-1-3-7-10;/h4-5,8-10,13H,1-3,6-7,15H2;1H/t13-;/m1./s1. The summed E-state index contributed by atoms with van der Waals surface area (Å²) in [5.41, 5.74) is 6.82. The van der Waals surface area contributed by atoms with Crippen LogP contribution in [0.4, 0.5) is 4.39 Å². The van der Waals surface area contributed by atoms with Crippen LogP contribution in [0, 0.1) is 11.7 Å². The van der Waals surface area contributed by atoms with E-state index in [1.54, 1.807) is 6.07 Å². The highest BCUT2D eigenvalue weighted by atomic mass is 35.5. The molecule has 1 aliphatic carbocycles. The summed E-state index contributed by atoms with van der Waals surface area (Å²) in [6, 6.07) is 6.77. The second kappa shape index (κ2) is 6.21. The molecular formula is C13H19ClFN. The van der Waals surface area contributed by atoms with Crippen LogP contribution in [0.5, 0.6) is 0 Å². The van der Waals surface area contributed by atoms with Crippen LogP contribution in [-0.4, -0.2) is 0 Å². The van der Waals surface area contributed by atoms with Crippen molar-refractivity contribution in [2.24, 2.45) is 11.7 Å². The van der Waals surface area contributed by atoms with Gasteiger partial charge in [0.15, 0.2) is 0 Å². The first-order valence-electron chi connectivity index (χ1n) is 5.79. The summed E-state index contributed by atoms with van der Waals surface area (Å²) < 4.78 is 13.5. The van der Waals surface area contributed by atoms with Gasteiger partial charge in [-0.2, -0.15) is 0 Å². The molecule has 1 saturated carbocycles. The van der Waals surface area contributed by atoms with Crippen LogP contribution in [0.15, 0.2) is 24.3 Å². The topological polar surface area (TPSA) is 26.0 Å². The predicted octanol–water partition coefficient (Wildman–Crippen LogP) is 3.83. The van der Waals surface area contributed by atoms with Gasteiger partial charge >= 0.3 is 0 Å². The highest BCUT2D eigenvalue weighted by Crippen LogP contribution is 2.33. The van der Waals surface area contributed by atoms with Gasteiger partial charge in [-0.05, 0) is 24.8 Å². The molecule has 1 aliphatic rings. The number of rotatable bonds is 2. The molecule has 1 aromatic rings. The molecule has 1 nitrogen and oxygen atoms in total. The van der Waals surface area contributed by atoms with Crippen molar-refractivity contribution in [1.82, 2.24) is 0 Å². The smallest absolute Gasteiger partial charge is 0.127 e. The summed E-state index contributed by atoms with van der Waals surface area (Å²) in [7, 11) is 0. The number of hydrogen-bond acceptors (Lipinski definition) is 1. The van der Waals surface area contributed by atoms with Crippen molar-refractivity contribution < 1.29 is 4.39 Å². The summed E-state index contributed by atoms with van der Waals surface area (Å²) in [6.07, 6.45) is 6.09. The van der Waals surface area contributed by atoms with Gasteiger partial charge in [-0.15, -0.1) is 12.4 Å². The van der Waals surface area contributed by atoms with E-state index in [1.165, 1.54) is 25.3 Å². The Morgan fingerprint density at radius 2 is 1.75 bits per heavy atom. The first kappa shape index (κ1) is 13.5. The van der Waals surface area contributed by atoms with Crippen molar-refractivity contribution in [2.45, 2.75) is 38.1 Å². The molecule has 1 fully saturated rings. The predicted molar refractivity (Wildman–Crippen MR) is 67.2 cm³/mol. The van der Waals surface area contributed by atoms with Gasteiger partial charge in [-0.3, -0.25) is 0 Å². The second-order valence-corrected chi connectivity index (χ2v) is 4.45. The van der Waals surface area contributed by atoms with E-state index in [1.807, 2.05) is 12.1 Å². The lowest BCUT2D eigenvalue weighted by Gasteiger charge is -2.27. The van der Waals surface area contributed by atoms with E-state index in [0.29, 0.717) is 11.5 Å². The quantitative estimate of drug-likeness (QED) is 0.840. The van der Waals surface area contributed by atoms with Crippen molar-refractivity contribution in [2.75, 3.05) is 0 Å². The Kier molecular flexibility index (Phi) is 5.23. The fourth-order valence-corrected chi connectivity index (χ4v) is 2.49. The van der Waals surface area contributed by atoms with Gasteiger partial charge in [0.2, 0.25) is 0 Å². The molecule has 3 heteroatoms. The minimum Gasteiger partial charge on any atom is -0.324 e. The zero-order chi connectivity index (χ0) is 10.7. The largest absolute Gasteiger partial charge is 0.324 e.